The van der Waals surface area contributed by atoms with E-state index in [4.69, 9.17) is 9.11 Å². The van der Waals surface area contributed by atoms with Gasteiger partial charge in [-0.05, 0) is 60.8 Å². The van der Waals surface area contributed by atoms with Gasteiger partial charge in [0, 0.05) is 43.8 Å². The van der Waals surface area contributed by atoms with Crippen LogP contribution in [0.1, 0.15) is 12.5 Å². The number of piperazine rings is 1. The number of anilines is 2. The molecule has 1 N–H and O–H groups in total. The number of amides is 1. The number of aromatic nitrogens is 1. The van der Waals surface area contributed by atoms with Crippen LogP contribution in [-0.2, 0) is 11.2 Å². The molecule has 1 amide bonds. The first-order chi connectivity index (χ1) is 17.2. The van der Waals surface area contributed by atoms with Gasteiger partial charge in [0.2, 0.25) is 0 Å². The predicted octanol–water partition coefficient (Wildman–Crippen LogP) is 5.07. The van der Waals surface area contributed by atoms with Gasteiger partial charge in [-0.15, -0.1) is 0 Å². The molecule has 1 unspecified atom stereocenters. The predicted molar refractivity (Wildman–Crippen MR) is 144 cm³/mol. The van der Waals surface area contributed by atoms with E-state index in [-0.39, 0.29) is 5.91 Å². The number of ether oxygens (including phenoxy) is 1. The molecule has 180 valence electrons. The summed E-state index contributed by atoms with van der Waals surface area (Å²) >= 11 is 1.58. The first-order valence-electron chi connectivity index (χ1n) is 12.1. The second-order valence-corrected chi connectivity index (χ2v) is 9.61. The van der Waals surface area contributed by atoms with Crippen molar-refractivity contribution >= 4 is 39.0 Å². The summed E-state index contributed by atoms with van der Waals surface area (Å²) in [6.07, 6.45) is 0.296. The largest absolute Gasteiger partial charge is 0.481 e. The Morgan fingerprint density at radius 3 is 2.51 bits per heavy atom. The fourth-order valence-electron chi connectivity index (χ4n) is 4.41. The second kappa shape index (κ2) is 10.9. The molecule has 1 aliphatic rings. The molecule has 0 spiro atoms. The Morgan fingerprint density at radius 1 is 0.971 bits per heavy atom. The molecular weight excluding hydrogens is 456 g/mol. The number of fused-ring (bicyclic) bond motifs is 1. The van der Waals surface area contributed by atoms with E-state index in [1.165, 1.54) is 10.1 Å². The molecule has 35 heavy (non-hydrogen) atoms. The highest BCUT2D eigenvalue weighted by Crippen LogP contribution is 2.30. The van der Waals surface area contributed by atoms with Crippen molar-refractivity contribution in [1.82, 2.24) is 9.27 Å². The lowest BCUT2D eigenvalue weighted by atomic mass is 10.1. The molecule has 1 aliphatic heterocycles. The minimum absolute atomic E-state index is 0.148. The highest BCUT2D eigenvalue weighted by Gasteiger charge is 2.21. The van der Waals surface area contributed by atoms with Crippen LogP contribution in [-0.4, -0.2) is 54.0 Å². The van der Waals surface area contributed by atoms with Gasteiger partial charge in [0.15, 0.2) is 6.10 Å². The molecule has 0 aliphatic carbocycles. The molecule has 7 heteroatoms. The van der Waals surface area contributed by atoms with Crippen molar-refractivity contribution in [2.24, 2.45) is 0 Å². The third-order valence-electron chi connectivity index (χ3n) is 6.43. The summed E-state index contributed by atoms with van der Waals surface area (Å²) in [4.78, 5) is 17.7. The Balaban J connectivity index is 1.14. The topological polar surface area (TPSA) is 57.7 Å². The van der Waals surface area contributed by atoms with Crippen LogP contribution in [0, 0.1) is 0 Å². The smallest absolute Gasteiger partial charge is 0.265 e. The van der Waals surface area contributed by atoms with Crippen molar-refractivity contribution in [1.29, 1.82) is 0 Å². The first kappa shape index (κ1) is 23.3. The zero-order valence-electron chi connectivity index (χ0n) is 19.9. The Hall–Kier alpha value is -3.42. The van der Waals surface area contributed by atoms with E-state index in [9.17, 15) is 4.79 Å². The maximum absolute atomic E-state index is 12.8. The van der Waals surface area contributed by atoms with E-state index in [1.807, 2.05) is 48.5 Å². The van der Waals surface area contributed by atoms with Crippen molar-refractivity contribution in [2.45, 2.75) is 19.4 Å². The van der Waals surface area contributed by atoms with Crippen LogP contribution >= 0.6 is 11.5 Å². The average Bonchev–Trinajstić information content (AvgIpc) is 3.33. The van der Waals surface area contributed by atoms with Gasteiger partial charge in [0.1, 0.15) is 11.6 Å². The zero-order chi connectivity index (χ0) is 24.0. The van der Waals surface area contributed by atoms with Gasteiger partial charge < -0.3 is 15.0 Å². The number of hydrogen-bond acceptors (Lipinski definition) is 6. The lowest BCUT2D eigenvalue weighted by molar-refractivity contribution is -0.122. The van der Waals surface area contributed by atoms with E-state index < -0.39 is 6.10 Å². The van der Waals surface area contributed by atoms with Crippen LogP contribution in [0.25, 0.3) is 10.1 Å². The van der Waals surface area contributed by atoms with Crippen molar-refractivity contribution < 1.29 is 9.53 Å². The lowest BCUT2D eigenvalue weighted by Gasteiger charge is -2.35. The number of nitrogens with zero attached hydrogens (tertiary/aromatic N) is 3. The van der Waals surface area contributed by atoms with Gasteiger partial charge in [-0.1, -0.05) is 48.5 Å². The molecule has 0 bridgehead atoms. The van der Waals surface area contributed by atoms with Crippen LogP contribution in [0.5, 0.6) is 5.75 Å². The van der Waals surface area contributed by atoms with Gasteiger partial charge in [-0.3, -0.25) is 9.69 Å². The molecule has 5 rings (SSSR count). The van der Waals surface area contributed by atoms with Gasteiger partial charge in [0.25, 0.3) is 5.91 Å². The minimum atomic E-state index is -0.583. The van der Waals surface area contributed by atoms with E-state index in [0.717, 1.165) is 56.2 Å². The van der Waals surface area contributed by atoms with Crippen molar-refractivity contribution in [2.75, 3.05) is 42.9 Å². The molecular formula is C28H30N4O2S. The highest BCUT2D eigenvalue weighted by atomic mass is 32.1. The normalized spacial score (nSPS) is 15.2. The molecule has 1 saturated heterocycles. The summed E-state index contributed by atoms with van der Waals surface area (Å²) in [5.41, 5.74) is 1.99. The van der Waals surface area contributed by atoms with Crippen LogP contribution in [0.15, 0.2) is 78.9 Å². The third-order valence-corrected chi connectivity index (χ3v) is 7.25. The van der Waals surface area contributed by atoms with Crippen molar-refractivity contribution in [3.8, 4) is 5.75 Å². The monoisotopic (exact) mass is 486 g/mol. The second-order valence-electron chi connectivity index (χ2n) is 8.80. The fourth-order valence-corrected chi connectivity index (χ4v) is 5.21. The van der Waals surface area contributed by atoms with Gasteiger partial charge in [-0.25, -0.2) is 0 Å². The van der Waals surface area contributed by atoms with E-state index in [2.05, 4.69) is 45.4 Å². The summed E-state index contributed by atoms with van der Waals surface area (Å²) < 4.78 is 11.7. The molecule has 0 radical (unpaired) electrons. The summed E-state index contributed by atoms with van der Waals surface area (Å²) in [6, 6.07) is 25.9. The van der Waals surface area contributed by atoms with E-state index in [0.29, 0.717) is 5.75 Å². The van der Waals surface area contributed by atoms with Crippen LogP contribution < -0.4 is 15.0 Å². The van der Waals surface area contributed by atoms with E-state index >= 15 is 0 Å². The number of benzene rings is 3. The number of nitrogens with one attached hydrogen (secondary N) is 1. The number of hydrogen-bond donors (Lipinski definition) is 1. The average molecular weight is 487 g/mol. The Bertz CT molecular complexity index is 1270. The Morgan fingerprint density at radius 2 is 1.69 bits per heavy atom. The first-order valence-corrected chi connectivity index (χ1v) is 12.9. The molecule has 0 saturated carbocycles. The minimum Gasteiger partial charge on any atom is -0.481 e. The maximum atomic E-state index is 12.8. The van der Waals surface area contributed by atoms with Crippen LogP contribution in [0.3, 0.4) is 0 Å². The molecule has 6 nitrogen and oxygen atoms in total. The molecule has 3 aromatic carbocycles. The quantitative estimate of drug-likeness (QED) is 0.377. The Kier molecular flexibility index (Phi) is 7.25. The Labute approximate surface area is 210 Å². The number of rotatable bonds is 8. The van der Waals surface area contributed by atoms with Gasteiger partial charge >= 0.3 is 0 Å². The molecule has 1 fully saturated rings. The number of carbonyl (C=O) groups excluding carboxylic acids is 1. The van der Waals surface area contributed by atoms with Gasteiger partial charge in [0.05, 0.1) is 4.70 Å². The van der Waals surface area contributed by atoms with Crippen molar-refractivity contribution in [3.05, 3.63) is 84.4 Å². The molecule has 1 aromatic heterocycles. The number of carbonyl (C=O) groups is 1. The van der Waals surface area contributed by atoms with Crippen LogP contribution in [0.4, 0.5) is 11.5 Å². The number of para-hydroxylation sites is 2. The van der Waals surface area contributed by atoms with Crippen molar-refractivity contribution in [3.63, 3.8) is 0 Å². The van der Waals surface area contributed by atoms with Gasteiger partial charge in [-0.2, -0.15) is 4.37 Å². The van der Waals surface area contributed by atoms with Crippen LogP contribution in [0.2, 0.25) is 0 Å². The summed E-state index contributed by atoms with van der Waals surface area (Å²) in [6.45, 7) is 6.68. The summed E-state index contributed by atoms with van der Waals surface area (Å²) in [5.74, 6) is 1.66. The third kappa shape index (κ3) is 5.63. The maximum Gasteiger partial charge on any atom is 0.265 e. The molecule has 2 heterocycles. The molecule has 4 aromatic rings. The molecule has 1 atom stereocenters. The standard InChI is InChI=1S/C28H30N4O2S/c1-21(34-23-10-3-2-4-11-23)28(33)29-25-13-7-5-9-22(25)15-16-31-17-19-32(20-18-31)27-24-12-6-8-14-26(24)35-30-27/h2-14,21H,15-20H2,1H3,(H,29,33). The summed E-state index contributed by atoms with van der Waals surface area (Å²) in [7, 11) is 0. The lowest BCUT2D eigenvalue weighted by Crippen LogP contribution is -2.47. The zero-order valence-corrected chi connectivity index (χ0v) is 20.7. The van der Waals surface area contributed by atoms with E-state index in [1.54, 1.807) is 18.5 Å². The SMILES string of the molecule is CC(Oc1ccccc1)C(=O)Nc1ccccc1CCN1CCN(c2nsc3ccccc23)CC1. The fraction of sp³-hybridized carbons (Fsp3) is 0.286. The summed E-state index contributed by atoms with van der Waals surface area (Å²) in [5, 5.41) is 4.31. The highest BCUT2D eigenvalue weighted by molar-refractivity contribution is 7.13.